The fraction of sp³-hybridized carbons (Fsp3) is 0.364. The molecule has 1 amide bonds. The van der Waals surface area contributed by atoms with E-state index in [1.807, 2.05) is 0 Å². The number of hydrogen-bond acceptors (Lipinski definition) is 2. The number of rotatable bonds is 3. The van der Waals surface area contributed by atoms with Crippen LogP contribution in [0.15, 0.2) is 23.1 Å². The molecular formula is C11H13F2NOS. The standard InChI is InChI=1S/C11H13F2NOS/c1-7-6-9(16-11(3,12)13)4-5-10(7)14-8(2)15/h4-6H,1-3H3,(H,14,15). The molecule has 0 heterocycles. The van der Waals surface area contributed by atoms with Gasteiger partial charge in [-0.1, -0.05) is 11.8 Å². The van der Waals surface area contributed by atoms with E-state index in [4.69, 9.17) is 0 Å². The van der Waals surface area contributed by atoms with Gasteiger partial charge in [0.2, 0.25) is 5.91 Å². The van der Waals surface area contributed by atoms with Gasteiger partial charge in [0.05, 0.1) is 0 Å². The Kier molecular flexibility index (Phi) is 3.91. The predicted molar refractivity (Wildman–Crippen MR) is 62.0 cm³/mol. The first-order valence-electron chi connectivity index (χ1n) is 4.73. The van der Waals surface area contributed by atoms with Gasteiger partial charge in [0.15, 0.2) is 0 Å². The monoisotopic (exact) mass is 245 g/mol. The van der Waals surface area contributed by atoms with E-state index >= 15 is 0 Å². The van der Waals surface area contributed by atoms with Crippen molar-refractivity contribution < 1.29 is 13.6 Å². The molecule has 0 aliphatic heterocycles. The molecule has 0 unspecified atom stereocenters. The number of nitrogens with one attached hydrogen (secondary N) is 1. The summed E-state index contributed by atoms with van der Waals surface area (Å²) < 4.78 is 25.5. The molecular weight excluding hydrogens is 232 g/mol. The maximum atomic E-state index is 12.7. The summed E-state index contributed by atoms with van der Waals surface area (Å²) in [6.07, 6.45) is 0. The topological polar surface area (TPSA) is 29.1 Å². The largest absolute Gasteiger partial charge is 0.326 e. The number of carbonyl (C=O) groups excluding carboxylic acids is 1. The van der Waals surface area contributed by atoms with E-state index in [1.54, 1.807) is 25.1 Å². The van der Waals surface area contributed by atoms with Gasteiger partial charge in [-0.2, -0.15) is 8.78 Å². The second-order valence-corrected chi connectivity index (χ2v) is 4.96. The fourth-order valence-corrected chi connectivity index (χ4v) is 2.02. The highest BCUT2D eigenvalue weighted by atomic mass is 32.2. The predicted octanol–water partition coefficient (Wildman–Crippen LogP) is 3.66. The maximum Gasteiger partial charge on any atom is 0.295 e. The molecule has 0 atom stereocenters. The van der Waals surface area contributed by atoms with Crippen LogP contribution in [0.4, 0.5) is 14.5 Å². The van der Waals surface area contributed by atoms with Gasteiger partial charge in [0, 0.05) is 24.4 Å². The van der Waals surface area contributed by atoms with Crippen LogP contribution in [0.1, 0.15) is 19.4 Å². The normalized spacial score (nSPS) is 11.3. The molecule has 0 aromatic heterocycles. The Morgan fingerprint density at radius 2 is 2.06 bits per heavy atom. The quantitative estimate of drug-likeness (QED) is 0.823. The second-order valence-electron chi connectivity index (χ2n) is 3.57. The summed E-state index contributed by atoms with van der Waals surface area (Å²) in [6, 6.07) is 4.83. The van der Waals surface area contributed by atoms with Crippen molar-refractivity contribution in [1.29, 1.82) is 0 Å². The van der Waals surface area contributed by atoms with Crippen LogP contribution in [0.3, 0.4) is 0 Å². The van der Waals surface area contributed by atoms with Crippen LogP contribution in [0.5, 0.6) is 0 Å². The summed E-state index contributed by atoms with van der Waals surface area (Å²) in [4.78, 5) is 11.3. The van der Waals surface area contributed by atoms with Crippen LogP contribution < -0.4 is 5.32 Å². The third-order valence-electron chi connectivity index (χ3n) is 1.81. The molecule has 0 bridgehead atoms. The first-order valence-corrected chi connectivity index (χ1v) is 5.54. The fourth-order valence-electron chi connectivity index (χ4n) is 1.24. The highest BCUT2D eigenvalue weighted by Gasteiger charge is 2.22. The molecule has 1 aromatic rings. The Morgan fingerprint density at radius 1 is 1.44 bits per heavy atom. The van der Waals surface area contributed by atoms with E-state index in [1.165, 1.54) is 6.92 Å². The Morgan fingerprint density at radius 3 is 2.50 bits per heavy atom. The molecule has 16 heavy (non-hydrogen) atoms. The summed E-state index contributed by atoms with van der Waals surface area (Å²) >= 11 is 0.496. The van der Waals surface area contributed by atoms with Gasteiger partial charge in [0.25, 0.3) is 5.25 Å². The molecule has 0 saturated heterocycles. The lowest BCUT2D eigenvalue weighted by molar-refractivity contribution is -0.114. The number of amides is 1. The average molecular weight is 245 g/mol. The number of anilines is 1. The number of hydrogen-bond donors (Lipinski definition) is 1. The van der Waals surface area contributed by atoms with Crippen LogP contribution in [0.2, 0.25) is 0 Å². The molecule has 1 N–H and O–H groups in total. The van der Waals surface area contributed by atoms with E-state index < -0.39 is 5.25 Å². The minimum Gasteiger partial charge on any atom is -0.326 e. The summed E-state index contributed by atoms with van der Waals surface area (Å²) in [5.74, 6) is -0.177. The average Bonchev–Trinajstić information content (AvgIpc) is 2.06. The number of alkyl halides is 2. The van der Waals surface area contributed by atoms with Crippen LogP contribution in [0.25, 0.3) is 0 Å². The third-order valence-corrected chi connectivity index (χ3v) is 2.65. The lowest BCUT2D eigenvalue weighted by atomic mass is 10.2. The van der Waals surface area contributed by atoms with Gasteiger partial charge in [-0.25, -0.2) is 0 Å². The van der Waals surface area contributed by atoms with Gasteiger partial charge < -0.3 is 5.32 Å². The van der Waals surface area contributed by atoms with Crippen LogP contribution in [0, 0.1) is 6.92 Å². The lowest BCUT2D eigenvalue weighted by Gasteiger charge is -2.12. The van der Waals surface area contributed by atoms with Crippen molar-refractivity contribution >= 4 is 23.4 Å². The van der Waals surface area contributed by atoms with Crippen LogP contribution in [-0.2, 0) is 4.79 Å². The molecule has 0 aliphatic carbocycles. The molecule has 1 rings (SSSR count). The summed E-state index contributed by atoms with van der Waals surface area (Å²) in [7, 11) is 0. The van der Waals surface area contributed by atoms with Gasteiger partial charge in [-0.15, -0.1) is 0 Å². The van der Waals surface area contributed by atoms with Crippen molar-refractivity contribution in [3.8, 4) is 0 Å². The molecule has 0 aliphatic rings. The number of thioether (sulfide) groups is 1. The first kappa shape index (κ1) is 13.0. The number of carbonyl (C=O) groups is 1. The Balaban J connectivity index is 2.87. The van der Waals surface area contributed by atoms with E-state index in [0.29, 0.717) is 22.3 Å². The zero-order chi connectivity index (χ0) is 12.3. The van der Waals surface area contributed by atoms with E-state index in [2.05, 4.69) is 5.32 Å². The van der Waals surface area contributed by atoms with Gasteiger partial charge in [0.1, 0.15) is 0 Å². The third kappa shape index (κ3) is 4.18. The summed E-state index contributed by atoms with van der Waals surface area (Å²) in [5, 5.41) is -0.162. The second kappa shape index (κ2) is 4.82. The highest BCUT2D eigenvalue weighted by molar-refractivity contribution is 8.00. The summed E-state index contributed by atoms with van der Waals surface area (Å²) in [6.45, 7) is 4.03. The lowest BCUT2D eigenvalue weighted by Crippen LogP contribution is -2.07. The minimum atomic E-state index is -2.79. The smallest absolute Gasteiger partial charge is 0.295 e. The molecule has 0 fully saturated rings. The van der Waals surface area contributed by atoms with E-state index in [9.17, 15) is 13.6 Å². The zero-order valence-corrected chi connectivity index (χ0v) is 10.1. The summed E-state index contributed by atoms with van der Waals surface area (Å²) in [5.41, 5.74) is 1.42. The number of benzene rings is 1. The van der Waals surface area contributed by atoms with Gasteiger partial charge in [-0.3, -0.25) is 4.79 Å². The van der Waals surface area contributed by atoms with Crippen molar-refractivity contribution in [2.24, 2.45) is 0 Å². The van der Waals surface area contributed by atoms with Gasteiger partial charge in [-0.05, 0) is 30.7 Å². The van der Waals surface area contributed by atoms with Crippen LogP contribution in [-0.4, -0.2) is 11.2 Å². The molecule has 0 saturated carbocycles. The highest BCUT2D eigenvalue weighted by Crippen LogP contribution is 2.36. The van der Waals surface area contributed by atoms with Gasteiger partial charge >= 0.3 is 0 Å². The molecule has 1 aromatic carbocycles. The Labute approximate surface area is 97.4 Å². The zero-order valence-electron chi connectivity index (χ0n) is 9.30. The Bertz CT molecular complexity index is 401. The SMILES string of the molecule is CC(=O)Nc1ccc(SC(C)(F)F)cc1C. The van der Waals surface area contributed by atoms with Crippen LogP contribution >= 0.6 is 11.8 Å². The Hall–Kier alpha value is -1.10. The van der Waals surface area contributed by atoms with Crippen molar-refractivity contribution in [2.75, 3.05) is 5.32 Å². The molecule has 0 radical (unpaired) electrons. The van der Waals surface area contributed by atoms with E-state index in [-0.39, 0.29) is 5.91 Å². The molecule has 2 nitrogen and oxygen atoms in total. The number of aryl methyl sites for hydroxylation is 1. The van der Waals surface area contributed by atoms with Crippen molar-refractivity contribution in [3.05, 3.63) is 23.8 Å². The van der Waals surface area contributed by atoms with Crippen molar-refractivity contribution in [1.82, 2.24) is 0 Å². The maximum absolute atomic E-state index is 12.7. The molecule has 5 heteroatoms. The first-order chi connectivity index (χ1) is 7.28. The molecule has 88 valence electrons. The number of halogens is 2. The van der Waals surface area contributed by atoms with Crippen molar-refractivity contribution in [3.63, 3.8) is 0 Å². The van der Waals surface area contributed by atoms with Crippen molar-refractivity contribution in [2.45, 2.75) is 30.9 Å². The molecule has 0 spiro atoms. The van der Waals surface area contributed by atoms with E-state index in [0.717, 1.165) is 12.5 Å². The minimum absolute atomic E-state index is 0.177.